The topological polar surface area (TPSA) is 77.1 Å². The summed E-state index contributed by atoms with van der Waals surface area (Å²) in [6.07, 6.45) is 3.58. The lowest BCUT2D eigenvalue weighted by Crippen LogP contribution is -2.35. The molecule has 0 saturated carbocycles. The number of hydrogen-bond acceptors (Lipinski definition) is 5. The molecule has 0 fully saturated rings. The Morgan fingerprint density at radius 3 is 2.52 bits per heavy atom. The van der Waals surface area contributed by atoms with E-state index in [1.165, 1.54) is 18.7 Å². The zero-order valence-electron chi connectivity index (χ0n) is 16.7. The Balaban J connectivity index is 1.67. The minimum atomic E-state index is -0.344. The second-order valence-electron chi connectivity index (χ2n) is 6.56. The first-order chi connectivity index (χ1) is 14.0. The number of nitrogens with zero attached hydrogens (tertiary/aromatic N) is 1. The molecule has 0 aromatic heterocycles. The third kappa shape index (κ3) is 4.87. The highest BCUT2D eigenvalue weighted by Gasteiger charge is 2.21. The van der Waals surface area contributed by atoms with Crippen molar-refractivity contribution in [1.29, 1.82) is 0 Å². The van der Waals surface area contributed by atoms with Crippen LogP contribution >= 0.6 is 0 Å². The highest BCUT2D eigenvalue weighted by Crippen LogP contribution is 2.28. The first kappa shape index (κ1) is 20.3. The van der Waals surface area contributed by atoms with E-state index in [2.05, 4.69) is 5.32 Å². The Morgan fingerprint density at radius 2 is 1.79 bits per heavy atom. The molecule has 1 aliphatic rings. The maximum absolute atomic E-state index is 12.3. The monoisotopic (exact) mass is 396 g/mol. The number of hydrogen-bond donors (Lipinski definition) is 1. The van der Waals surface area contributed by atoms with Crippen molar-refractivity contribution in [2.45, 2.75) is 13.0 Å². The van der Waals surface area contributed by atoms with Crippen molar-refractivity contribution < 1.29 is 23.8 Å². The summed E-state index contributed by atoms with van der Waals surface area (Å²) in [5.41, 5.74) is 3.67. The molecule has 0 aliphatic carbocycles. The summed E-state index contributed by atoms with van der Waals surface area (Å²) in [6.45, 7) is 1.09. The van der Waals surface area contributed by atoms with E-state index in [4.69, 9.17) is 14.2 Å². The molecule has 0 bridgehead atoms. The van der Waals surface area contributed by atoms with Gasteiger partial charge in [0.1, 0.15) is 0 Å². The van der Waals surface area contributed by atoms with Crippen molar-refractivity contribution in [3.63, 3.8) is 0 Å². The van der Waals surface area contributed by atoms with Gasteiger partial charge >= 0.3 is 6.09 Å². The van der Waals surface area contributed by atoms with Gasteiger partial charge in [-0.05, 0) is 53.5 Å². The van der Waals surface area contributed by atoms with Gasteiger partial charge in [-0.3, -0.25) is 4.79 Å². The molecule has 0 spiro atoms. The average Bonchev–Trinajstić information content (AvgIpc) is 2.76. The van der Waals surface area contributed by atoms with Crippen LogP contribution in [0.5, 0.6) is 11.5 Å². The summed E-state index contributed by atoms with van der Waals surface area (Å²) >= 11 is 0. The van der Waals surface area contributed by atoms with E-state index in [1.54, 1.807) is 37.3 Å². The summed E-state index contributed by atoms with van der Waals surface area (Å²) in [4.78, 5) is 25.7. The Kier molecular flexibility index (Phi) is 6.39. The quantitative estimate of drug-likeness (QED) is 0.783. The number of carbonyl (C=O) groups is 2. The zero-order valence-corrected chi connectivity index (χ0v) is 16.7. The molecule has 1 N–H and O–H groups in total. The van der Waals surface area contributed by atoms with Crippen LogP contribution in [0, 0.1) is 0 Å². The van der Waals surface area contributed by atoms with Crippen LogP contribution in [0.25, 0.3) is 6.08 Å². The van der Waals surface area contributed by atoms with E-state index in [1.807, 2.05) is 24.3 Å². The normalized spacial score (nSPS) is 13.0. The van der Waals surface area contributed by atoms with E-state index in [0.717, 1.165) is 17.5 Å². The van der Waals surface area contributed by atoms with Crippen molar-refractivity contribution in [1.82, 2.24) is 4.90 Å². The highest BCUT2D eigenvalue weighted by atomic mass is 16.5. The van der Waals surface area contributed by atoms with Crippen molar-refractivity contribution in [3.8, 4) is 11.5 Å². The van der Waals surface area contributed by atoms with Crippen molar-refractivity contribution in [2.24, 2.45) is 0 Å². The first-order valence-corrected chi connectivity index (χ1v) is 9.20. The largest absolute Gasteiger partial charge is 0.493 e. The van der Waals surface area contributed by atoms with Gasteiger partial charge in [0.2, 0.25) is 5.91 Å². The van der Waals surface area contributed by atoms with E-state index in [0.29, 0.717) is 30.3 Å². The van der Waals surface area contributed by atoms with E-state index < -0.39 is 0 Å². The van der Waals surface area contributed by atoms with Gasteiger partial charge in [-0.1, -0.05) is 12.1 Å². The second-order valence-corrected chi connectivity index (χ2v) is 6.56. The lowest BCUT2D eigenvalue weighted by atomic mass is 9.99. The fourth-order valence-corrected chi connectivity index (χ4v) is 3.23. The maximum atomic E-state index is 12.3. The Bertz CT molecular complexity index is 939. The minimum Gasteiger partial charge on any atom is -0.493 e. The van der Waals surface area contributed by atoms with Crippen LogP contribution in [-0.2, 0) is 22.5 Å². The first-order valence-electron chi connectivity index (χ1n) is 9.20. The van der Waals surface area contributed by atoms with Gasteiger partial charge in [-0.15, -0.1) is 0 Å². The van der Waals surface area contributed by atoms with Crippen molar-refractivity contribution in [2.75, 3.05) is 33.2 Å². The van der Waals surface area contributed by atoms with Crippen LogP contribution in [0.15, 0.2) is 42.5 Å². The lowest BCUT2D eigenvalue weighted by molar-refractivity contribution is -0.111. The van der Waals surface area contributed by atoms with E-state index in [-0.39, 0.29) is 12.0 Å². The average molecular weight is 396 g/mol. The molecule has 0 saturated heterocycles. The van der Waals surface area contributed by atoms with Crippen LogP contribution in [0.1, 0.15) is 16.7 Å². The van der Waals surface area contributed by atoms with Crippen LogP contribution in [0.2, 0.25) is 0 Å². The SMILES string of the molecule is COC(=O)N1CCc2ccc(NC(=O)/C=C/c3ccc(OC)c(OC)c3)cc2C1. The summed E-state index contributed by atoms with van der Waals surface area (Å²) in [5.74, 6) is 0.976. The summed E-state index contributed by atoms with van der Waals surface area (Å²) < 4.78 is 15.3. The van der Waals surface area contributed by atoms with Crippen LogP contribution < -0.4 is 14.8 Å². The van der Waals surface area contributed by atoms with Gasteiger partial charge in [0.25, 0.3) is 0 Å². The molecule has 7 heteroatoms. The van der Waals surface area contributed by atoms with Gasteiger partial charge < -0.3 is 24.4 Å². The zero-order chi connectivity index (χ0) is 20.8. The molecule has 2 aromatic rings. The predicted octanol–water partition coefficient (Wildman–Crippen LogP) is 3.48. The molecule has 1 heterocycles. The third-order valence-corrected chi connectivity index (χ3v) is 4.75. The number of ether oxygens (including phenoxy) is 3. The predicted molar refractivity (Wildman–Crippen MR) is 110 cm³/mol. The fraction of sp³-hybridized carbons (Fsp3) is 0.273. The van der Waals surface area contributed by atoms with Gasteiger partial charge in [0, 0.05) is 24.9 Å². The Morgan fingerprint density at radius 1 is 1.00 bits per heavy atom. The van der Waals surface area contributed by atoms with Crippen LogP contribution in [-0.4, -0.2) is 44.8 Å². The third-order valence-electron chi connectivity index (χ3n) is 4.75. The molecular formula is C22H24N2O5. The molecule has 29 heavy (non-hydrogen) atoms. The molecule has 0 unspecified atom stereocenters. The van der Waals surface area contributed by atoms with E-state index in [9.17, 15) is 9.59 Å². The second kappa shape index (κ2) is 9.14. The molecule has 0 radical (unpaired) electrons. The summed E-state index contributed by atoms with van der Waals surface area (Å²) in [6, 6.07) is 11.2. The molecule has 2 aromatic carbocycles. The fourth-order valence-electron chi connectivity index (χ4n) is 3.23. The number of rotatable bonds is 5. The molecular weight excluding hydrogens is 372 g/mol. The van der Waals surface area contributed by atoms with Gasteiger partial charge in [0.15, 0.2) is 11.5 Å². The van der Waals surface area contributed by atoms with Gasteiger partial charge in [0.05, 0.1) is 21.3 Å². The molecule has 0 atom stereocenters. The lowest BCUT2D eigenvalue weighted by Gasteiger charge is -2.28. The highest BCUT2D eigenvalue weighted by molar-refractivity contribution is 6.02. The van der Waals surface area contributed by atoms with Crippen molar-refractivity contribution in [3.05, 3.63) is 59.2 Å². The van der Waals surface area contributed by atoms with Crippen LogP contribution in [0.4, 0.5) is 10.5 Å². The number of carbonyl (C=O) groups excluding carboxylic acids is 2. The number of amides is 2. The number of fused-ring (bicyclic) bond motifs is 1. The molecule has 1 aliphatic heterocycles. The maximum Gasteiger partial charge on any atom is 0.409 e. The molecule has 7 nitrogen and oxygen atoms in total. The smallest absolute Gasteiger partial charge is 0.409 e. The molecule has 2 amide bonds. The number of methoxy groups -OCH3 is 3. The Hall–Kier alpha value is -3.48. The van der Waals surface area contributed by atoms with Gasteiger partial charge in [-0.2, -0.15) is 0 Å². The van der Waals surface area contributed by atoms with Crippen molar-refractivity contribution >= 4 is 23.8 Å². The number of nitrogens with one attached hydrogen (secondary N) is 1. The standard InChI is InChI=1S/C22H24N2O5/c1-27-19-8-4-15(12-20(19)28-2)5-9-21(25)23-18-7-6-16-10-11-24(22(26)29-3)14-17(16)13-18/h4-9,12-13H,10-11,14H2,1-3H3,(H,23,25)/b9-5+. The van der Waals surface area contributed by atoms with Gasteiger partial charge in [-0.25, -0.2) is 4.79 Å². The molecule has 152 valence electrons. The number of benzene rings is 2. The Labute approximate surface area is 169 Å². The number of anilines is 1. The van der Waals surface area contributed by atoms with Crippen LogP contribution in [0.3, 0.4) is 0 Å². The minimum absolute atomic E-state index is 0.250. The summed E-state index contributed by atoms with van der Waals surface area (Å²) in [7, 11) is 4.51. The summed E-state index contributed by atoms with van der Waals surface area (Å²) in [5, 5.41) is 2.86. The van der Waals surface area contributed by atoms with E-state index >= 15 is 0 Å². The molecule has 3 rings (SSSR count).